The second kappa shape index (κ2) is 5.07. The fourth-order valence-corrected chi connectivity index (χ4v) is 1.23. The van der Waals surface area contributed by atoms with Gasteiger partial charge in [0, 0.05) is 12.1 Å². The van der Waals surface area contributed by atoms with E-state index in [1.165, 1.54) is 11.6 Å². The molecule has 0 fully saturated rings. The molecule has 1 aromatic heterocycles. The van der Waals surface area contributed by atoms with Crippen molar-refractivity contribution >= 4 is 11.9 Å². The number of aromatic amines is 1. The van der Waals surface area contributed by atoms with E-state index >= 15 is 0 Å². The van der Waals surface area contributed by atoms with E-state index in [9.17, 15) is 22.8 Å². The van der Waals surface area contributed by atoms with Crippen molar-refractivity contribution in [3.8, 4) is 0 Å². The molecule has 0 saturated heterocycles. The van der Waals surface area contributed by atoms with Gasteiger partial charge in [0.1, 0.15) is 6.04 Å². The van der Waals surface area contributed by atoms with Crippen molar-refractivity contribution in [1.82, 2.24) is 15.3 Å². The summed E-state index contributed by atoms with van der Waals surface area (Å²) in [6, 6.07) is -1.68. The summed E-state index contributed by atoms with van der Waals surface area (Å²) in [6.45, 7) is 1.59. The maximum Gasteiger partial charge on any atom is 0.471 e. The third kappa shape index (κ3) is 3.47. The molecule has 1 aromatic rings. The molecule has 1 rings (SSSR count). The Morgan fingerprint density at radius 2 is 2.17 bits per heavy atom. The SMILES string of the molecule is Cc1[nH]cnc1CC(NC(=O)C(F)(F)F)C(=O)O. The van der Waals surface area contributed by atoms with E-state index in [1.807, 2.05) is 0 Å². The van der Waals surface area contributed by atoms with Crippen LogP contribution in [0, 0.1) is 6.92 Å². The largest absolute Gasteiger partial charge is 0.480 e. The molecular weight excluding hydrogens is 255 g/mol. The van der Waals surface area contributed by atoms with Gasteiger partial charge in [0.15, 0.2) is 0 Å². The number of aryl methyl sites for hydroxylation is 1. The number of aromatic nitrogens is 2. The zero-order chi connectivity index (χ0) is 13.9. The summed E-state index contributed by atoms with van der Waals surface area (Å²) >= 11 is 0. The highest BCUT2D eigenvalue weighted by molar-refractivity contribution is 5.87. The smallest absolute Gasteiger partial charge is 0.471 e. The number of amides is 1. The van der Waals surface area contributed by atoms with E-state index in [0.717, 1.165) is 0 Å². The minimum absolute atomic E-state index is 0.282. The van der Waals surface area contributed by atoms with Crippen LogP contribution in [0.15, 0.2) is 6.33 Å². The molecule has 3 N–H and O–H groups in total. The summed E-state index contributed by atoms with van der Waals surface area (Å²) in [5.41, 5.74) is 0.812. The van der Waals surface area contributed by atoms with Gasteiger partial charge in [0.2, 0.25) is 0 Å². The van der Waals surface area contributed by atoms with Crippen molar-refractivity contribution in [2.45, 2.75) is 25.6 Å². The van der Waals surface area contributed by atoms with Crippen LogP contribution in [0.3, 0.4) is 0 Å². The Labute approximate surface area is 99.2 Å². The number of alkyl halides is 3. The number of aliphatic carboxylic acids is 1. The lowest BCUT2D eigenvalue weighted by atomic mass is 10.1. The van der Waals surface area contributed by atoms with Crippen LogP contribution in [0.1, 0.15) is 11.4 Å². The van der Waals surface area contributed by atoms with Crippen LogP contribution in [0.5, 0.6) is 0 Å². The van der Waals surface area contributed by atoms with Gasteiger partial charge in [0.25, 0.3) is 0 Å². The van der Waals surface area contributed by atoms with Crippen LogP contribution >= 0.6 is 0 Å². The highest BCUT2D eigenvalue weighted by atomic mass is 19.4. The average Bonchev–Trinajstić information content (AvgIpc) is 2.61. The highest BCUT2D eigenvalue weighted by Crippen LogP contribution is 2.15. The molecule has 6 nitrogen and oxygen atoms in total. The molecule has 100 valence electrons. The lowest BCUT2D eigenvalue weighted by molar-refractivity contribution is -0.175. The van der Waals surface area contributed by atoms with E-state index in [1.54, 1.807) is 6.92 Å². The van der Waals surface area contributed by atoms with Gasteiger partial charge in [-0.3, -0.25) is 4.79 Å². The van der Waals surface area contributed by atoms with Gasteiger partial charge < -0.3 is 15.4 Å². The number of nitrogens with one attached hydrogen (secondary N) is 2. The number of carbonyl (C=O) groups excluding carboxylic acids is 1. The van der Waals surface area contributed by atoms with E-state index < -0.39 is 24.1 Å². The summed E-state index contributed by atoms with van der Waals surface area (Å²) in [5.74, 6) is -3.85. The topological polar surface area (TPSA) is 95.1 Å². The second-order valence-electron chi connectivity index (χ2n) is 3.54. The molecule has 0 aliphatic rings. The van der Waals surface area contributed by atoms with Crippen molar-refractivity contribution in [2.24, 2.45) is 0 Å². The molecule has 0 aliphatic heterocycles. The normalized spacial score (nSPS) is 13.1. The summed E-state index contributed by atoms with van der Waals surface area (Å²) < 4.78 is 36.0. The molecule has 0 aromatic carbocycles. The molecule has 0 saturated carbocycles. The first-order valence-corrected chi connectivity index (χ1v) is 4.81. The third-order valence-corrected chi connectivity index (χ3v) is 2.19. The van der Waals surface area contributed by atoms with Gasteiger partial charge in [-0.25, -0.2) is 9.78 Å². The first-order chi connectivity index (χ1) is 8.21. The predicted molar refractivity (Wildman–Crippen MR) is 52.7 cm³/mol. The number of hydrogen-bond acceptors (Lipinski definition) is 3. The fraction of sp³-hybridized carbons (Fsp3) is 0.444. The van der Waals surface area contributed by atoms with Gasteiger partial charge in [0.05, 0.1) is 12.0 Å². The number of hydrogen-bond donors (Lipinski definition) is 3. The Hall–Kier alpha value is -2.06. The molecule has 0 radical (unpaired) electrons. The number of imidazole rings is 1. The number of carbonyl (C=O) groups is 2. The van der Waals surface area contributed by atoms with Gasteiger partial charge in [-0.15, -0.1) is 0 Å². The number of H-pyrrole nitrogens is 1. The fourth-order valence-electron chi connectivity index (χ4n) is 1.23. The Kier molecular flexibility index (Phi) is 3.94. The minimum Gasteiger partial charge on any atom is -0.480 e. The first-order valence-electron chi connectivity index (χ1n) is 4.81. The number of halogens is 3. The summed E-state index contributed by atoms with van der Waals surface area (Å²) in [7, 11) is 0. The molecule has 0 spiro atoms. The summed E-state index contributed by atoms with van der Waals surface area (Å²) in [4.78, 5) is 27.9. The first kappa shape index (κ1) is 14.0. The van der Waals surface area contributed by atoms with Gasteiger partial charge >= 0.3 is 18.1 Å². The Morgan fingerprint density at radius 3 is 2.56 bits per heavy atom. The standard InChI is InChI=1S/C9H10F3N3O3/c1-4-5(14-3-13-4)2-6(7(16)17)15-8(18)9(10,11)12/h3,6H,2H2,1H3,(H,13,14)(H,15,18)(H,16,17). The monoisotopic (exact) mass is 265 g/mol. The molecule has 1 atom stereocenters. The maximum absolute atomic E-state index is 12.0. The van der Waals surface area contributed by atoms with Crippen LogP contribution < -0.4 is 5.32 Å². The summed E-state index contributed by atoms with van der Waals surface area (Å²) in [6.07, 6.45) is -4.16. The molecule has 1 heterocycles. The Balaban J connectivity index is 2.76. The van der Waals surface area contributed by atoms with E-state index in [2.05, 4.69) is 9.97 Å². The molecule has 9 heteroatoms. The predicted octanol–water partition coefficient (Wildman–Crippen LogP) is 0.392. The number of carboxylic acids is 1. The van der Waals surface area contributed by atoms with Crippen LogP contribution in [-0.2, 0) is 16.0 Å². The Bertz CT molecular complexity index is 455. The van der Waals surface area contributed by atoms with Gasteiger partial charge in [-0.05, 0) is 6.92 Å². The number of nitrogens with zero attached hydrogens (tertiary/aromatic N) is 1. The molecular formula is C9H10F3N3O3. The van der Waals surface area contributed by atoms with E-state index in [-0.39, 0.29) is 12.1 Å². The van der Waals surface area contributed by atoms with Crippen molar-refractivity contribution in [3.05, 3.63) is 17.7 Å². The molecule has 1 unspecified atom stereocenters. The number of rotatable bonds is 4. The zero-order valence-electron chi connectivity index (χ0n) is 9.21. The zero-order valence-corrected chi connectivity index (χ0v) is 9.21. The molecule has 18 heavy (non-hydrogen) atoms. The van der Waals surface area contributed by atoms with Gasteiger partial charge in [-0.1, -0.05) is 0 Å². The van der Waals surface area contributed by atoms with E-state index in [0.29, 0.717) is 5.69 Å². The highest BCUT2D eigenvalue weighted by Gasteiger charge is 2.41. The minimum atomic E-state index is -5.12. The van der Waals surface area contributed by atoms with Gasteiger partial charge in [-0.2, -0.15) is 13.2 Å². The van der Waals surface area contributed by atoms with Crippen molar-refractivity contribution in [1.29, 1.82) is 0 Å². The molecule has 1 amide bonds. The lowest BCUT2D eigenvalue weighted by Crippen LogP contribution is -2.48. The van der Waals surface area contributed by atoms with Crippen LogP contribution in [-0.4, -0.2) is 39.2 Å². The van der Waals surface area contributed by atoms with Crippen LogP contribution in [0.2, 0.25) is 0 Å². The Morgan fingerprint density at radius 1 is 1.56 bits per heavy atom. The molecule has 0 aliphatic carbocycles. The number of carboxylic acid groups (broad SMARTS) is 1. The average molecular weight is 265 g/mol. The second-order valence-corrected chi connectivity index (χ2v) is 3.54. The van der Waals surface area contributed by atoms with Crippen molar-refractivity contribution in [2.75, 3.05) is 0 Å². The van der Waals surface area contributed by atoms with Crippen LogP contribution in [0.25, 0.3) is 0 Å². The third-order valence-electron chi connectivity index (χ3n) is 2.19. The quantitative estimate of drug-likeness (QED) is 0.734. The van der Waals surface area contributed by atoms with E-state index in [4.69, 9.17) is 5.11 Å². The lowest BCUT2D eigenvalue weighted by Gasteiger charge is -2.15. The van der Waals surface area contributed by atoms with Crippen molar-refractivity contribution in [3.63, 3.8) is 0 Å². The maximum atomic E-state index is 12.0. The van der Waals surface area contributed by atoms with Crippen LogP contribution in [0.4, 0.5) is 13.2 Å². The molecule has 0 bridgehead atoms. The van der Waals surface area contributed by atoms with Crippen molar-refractivity contribution < 1.29 is 27.9 Å². The summed E-state index contributed by atoms with van der Waals surface area (Å²) in [5, 5.41) is 10.2.